The minimum Gasteiger partial charge on any atom is -0.348 e. The average Bonchev–Trinajstić information content (AvgIpc) is 3.22. The Kier molecular flexibility index (Phi) is 6.10. The second-order valence-corrected chi connectivity index (χ2v) is 8.40. The Labute approximate surface area is 179 Å². The van der Waals surface area contributed by atoms with Gasteiger partial charge in [-0.05, 0) is 35.6 Å². The van der Waals surface area contributed by atoms with E-state index in [-0.39, 0.29) is 17.0 Å². The quantitative estimate of drug-likeness (QED) is 0.435. The third-order valence-corrected chi connectivity index (χ3v) is 6.25. The largest absolute Gasteiger partial charge is 0.348 e. The van der Waals surface area contributed by atoms with E-state index >= 15 is 0 Å². The lowest BCUT2D eigenvalue weighted by Crippen LogP contribution is -2.32. The normalized spacial score (nSPS) is 11.0. The predicted octanol–water partition coefficient (Wildman–Crippen LogP) is 5.46. The molecule has 1 amide bonds. The number of amides is 1. The van der Waals surface area contributed by atoms with E-state index < -0.39 is 0 Å². The van der Waals surface area contributed by atoms with Crippen molar-refractivity contribution in [2.24, 2.45) is 0 Å². The van der Waals surface area contributed by atoms with Gasteiger partial charge in [0.2, 0.25) is 0 Å². The number of hydrogen-bond donors (Lipinski definition) is 1. The maximum absolute atomic E-state index is 13.0. The van der Waals surface area contributed by atoms with Crippen molar-refractivity contribution < 1.29 is 4.79 Å². The Morgan fingerprint density at radius 2 is 1.80 bits per heavy atom. The van der Waals surface area contributed by atoms with E-state index in [1.54, 1.807) is 22.0 Å². The van der Waals surface area contributed by atoms with Gasteiger partial charge < -0.3 is 9.88 Å². The van der Waals surface area contributed by atoms with Gasteiger partial charge in [0.05, 0.1) is 0 Å². The summed E-state index contributed by atoms with van der Waals surface area (Å²) in [5.74, 6) is -0.336. The molecule has 0 spiro atoms. The summed E-state index contributed by atoms with van der Waals surface area (Å²) in [5, 5.41) is 4.06. The van der Waals surface area contributed by atoms with Gasteiger partial charge in [0.1, 0.15) is 5.56 Å². The third kappa shape index (κ3) is 4.36. The highest BCUT2D eigenvalue weighted by molar-refractivity contribution is 7.22. The molecule has 0 fully saturated rings. The summed E-state index contributed by atoms with van der Waals surface area (Å²) in [6.45, 7) is 3.09. The lowest BCUT2D eigenvalue weighted by atomic mass is 10.1. The minimum atomic E-state index is -0.336. The highest BCUT2D eigenvalue weighted by atomic mass is 32.1. The fraction of sp³-hybridized carbons (Fsp3) is 0.200. The van der Waals surface area contributed by atoms with Gasteiger partial charge in [-0.15, -0.1) is 11.3 Å². The van der Waals surface area contributed by atoms with Gasteiger partial charge in [-0.25, -0.2) is 0 Å². The number of nitrogens with zero attached hydrogens (tertiary/aromatic N) is 1. The highest BCUT2D eigenvalue weighted by Gasteiger charge is 2.16. The predicted molar refractivity (Wildman–Crippen MR) is 124 cm³/mol. The van der Waals surface area contributed by atoms with Crippen LogP contribution in [0.15, 0.2) is 77.7 Å². The Balaban J connectivity index is 1.70. The molecular formula is C25H24N2O2S. The van der Waals surface area contributed by atoms with E-state index in [2.05, 4.69) is 30.4 Å². The van der Waals surface area contributed by atoms with Crippen LogP contribution < -0.4 is 10.9 Å². The molecule has 0 aliphatic rings. The van der Waals surface area contributed by atoms with E-state index in [1.165, 1.54) is 10.1 Å². The molecule has 0 aliphatic heterocycles. The molecule has 0 saturated carbocycles. The molecule has 2 aromatic carbocycles. The topological polar surface area (TPSA) is 51.1 Å². The van der Waals surface area contributed by atoms with Crippen LogP contribution in [0.25, 0.3) is 20.5 Å². The number of thiophene rings is 1. The van der Waals surface area contributed by atoms with Gasteiger partial charge in [0.15, 0.2) is 0 Å². The standard InChI is InChI=1S/C25H24N2O2S/c1-2-3-13-27-17-20(23-15-19-11-7-8-12-22(19)30-23)14-21(25(27)29)24(28)26-16-18-9-5-4-6-10-18/h4-12,14-15,17H,2-3,13,16H2,1H3,(H,26,28). The molecule has 0 unspecified atom stereocenters. The van der Waals surface area contributed by atoms with Crippen molar-refractivity contribution >= 4 is 27.3 Å². The Morgan fingerprint density at radius 3 is 2.57 bits per heavy atom. The van der Waals surface area contributed by atoms with Gasteiger partial charge in [-0.1, -0.05) is 61.9 Å². The molecule has 4 nitrogen and oxygen atoms in total. The first-order valence-corrected chi connectivity index (χ1v) is 11.0. The zero-order valence-corrected chi connectivity index (χ0v) is 17.7. The number of nitrogens with one attached hydrogen (secondary N) is 1. The van der Waals surface area contributed by atoms with Crippen LogP contribution in [0.2, 0.25) is 0 Å². The smallest absolute Gasteiger partial charge is 0.263 e. The first kappa shape index (κ1) is 20.1. The lowest BCUT2D eigenvalue weighted by Gasteiger charge is -2.11. The summed E-state index contributed by atoms with van der Waals surface area (Å²) in [6.07, 6.45) is 3.76. The Bertz CT molecular complexity index is 1190. The van der Waals surface area contributed by atoms with Crippen LogP contribution in [0.5, 0.6) is 0 Å². The molecule has 0 atom stereocenters. The SMILES string of the molecule is CCCCn1cc(-c2cc3ccccc3s2)cc(C(=O)NCc2ccccc2)c1=O. The van der Waals surface area contributed by atoms with Crippen molar-refractivity contribution in [2.75, 3.05) is 0 Å². The zero-order chi connectivity index (χ0) is 20.9. The average molecular weight is 417 g/mol. The van der Waals surface area contributed by atoms with Crippen molar-refractivity contribution in [3.63, 3.8) is 0 Å². The van der Waals surface area contributed by atoms with Gasteiger partial charge in [-0.2, -0.15) is 0 Å². The fourth-order valence-electron chi connectivity index (χ4n) is 3.43. The van der Waals surface area contributed by atoms with E-state index in [9.17, 15) is 9.59 Å². The van der Waals surface area contributed by atoms with E-state index in [0.29, 0.717) is 13.1 Å². The molecule has 0 aliphatic carbocycles. The van der Waals surface area contributed by atoms with E-state index in [1.807, 2.05) is 48.7 Å². The van der Waals surface area contributed by atoms with Crippen LogP contribution >= 0.6 is 11.3 Å². The first-order valence-electron chi connectivity index (χ1n) is 10.2. The molecular weight excluding hydrogens is 392 g/mol. The summed E-state index contributed by atoms with van der Waals surface area (Å²) in [5.41, 5.74) is 1.85. The molecule has 4 aromatic rings. The van der Waals surface area contributed by atoms with Crippen LogP contribution in [0.4, 0.5) is 0 Å². The van der Waals surface area contributed by atoms with Gasteiger partial charge in [-0.3, -0.25) is 9.59 Å². The van der Waals surface area contributed by atoms with Crippen molar-refractivity contribution in [2.45, 2.75) is 32.9 Å². The molecule has 4 rings (SSSR count). The van der Waals surface area contributed by atoms with Crippen molar-refractivity contribution in [1.82, 2.24) is 9.88 Å². The maximum atomic E-state index is 13.0. The van der Waals surface area contributed by atoms with Crippen LogP contribution in [-0.2, 0) is 13.1 Å². The highest BCUT2D eigenvalue weighted by Crippen LogP contribution is 2.33. The molecule has 0 radical (unpaired) electrons. The second kappa shape index (κ2) is 9.09. The number of carbonyl (C=O) groups excluding carboxylic acids is 1. The number of carbonyl (C=O) groups is 1. The first-order chi connectivity index (χ1) is 14.7. The van der Waals surface area contributed by atoms with Crippen molar-refractivity contribution in [3.8, 4) is 10.4 Å². The van der Waals surface area contributed by atoms with Gasteiger partial charge >= 0.3 is 0 Å². The summed E-state index contributed by atoms with van der Waals surface area (Å²) >= 11 is 1.67. The number of benzene rings is 2. The van der Waals surface area contributed by atoms with E-state index in [4.69, 9.17) is 0 Å². The number of pyridine rings is 1. The summed E-state index contributed by atoms with van der Waals surface area (Å²) < 4.78 is 2.87. The number of aromatic nitrogens is 1. The number of hydrogen-bond acceptors (Lipinski definition) is 3. The molecule has 1 N–H and O–H groups in total. The second-order valence-electron chi connectivity index (χ2n) is 7.31. The van der Waals surface area contributed by atoms with Crippen LogP contribution in [0.3, 0.4) is 0 Å². The third-order valence-electron chi connectivity index (χ3n) is 5.09. The number of fused-ring (bicyclic) bond motifs is 1. The zero-order valence-electron chi connectivity index (χ0n) is 16.9. The lowest BCUT2D eigenvalue weighted by molar-refractivity contribution is 0.0949. The number of unbranched alkanes of at least 4 members (excludes halogenated alkanes) is 1. The molecule has 0 saturated heterocycles. The molecule has 30 heavy (non-hydrogen) atoms. The summed E-state index contributed by atoms with van der Waals surface area (Å²) in [4.78, 5) is 26.9. The molecule has 152 valence electrons. The van der Waals surface area contributed by atoms with Crippen LogP contribution in [-0.4, -0.2) is 10.5 Å². The van der Waals surface area contributed by atoms with Gasteiger partial charge in [0.25, 0.3) is 11.5 Å². The Hall–Kier alpha value is -3.18. The van der Waals surface area contributed by atoms with Crippen molar-refractivity contribution in [1.29, 1.82) is 0 Å². The fourth-order valence-corrected chi connectivity index (χ4v) is 4.47. The molecule has 0 bridgehead atoms. The molecule has 2 aromatic heterocycles. The Morgan fingerprint density at radius 1 is 1.03 bits per heavy atom. The summed E-state index contributed by atoms with van der Waals surface area (Å²) in [6, 6.07) is 21.8. The molecule has 2 heterocycles. The van der Waals surface area contributed by atoms with Crippen molar-refractivity contribution in [3.05, 3.63) is 94.4 Å². The number of rotatable bonds is 7. The van der Waals surface area contributed by atoms with E-state index in [0.717, 1.165) is 28.8 Å². The maximum Gasteiger partial charge on any atom is 0.263 e. The van der Waals surface area contributed by atoms with Crippen LogP contribution in [0, 0.1) is 0 Å². The number of aryl methyl sites for hydroxylation is 1. The molecule has 5 heteroatoms. The monoisotopic (exact) mass is 416 g/mol. The van der Waals surface area contributed by atoms with Gasteiger partial charge in [0, 0.05) is 34.4 Å². The van der Waals surface area contributed by atoms with Crippen LogP contribution in [0.1, 0.15) is 35.7 Å². The minimum absolute atomic E-state index is 0.192. The summed E-state index contributed by atoms with van der Waals surface area (Å²) in [7, 11) is 0.